The summed E-state index contributed by atoms with van der Waals surface area (Å²) in [6.07, 6.45) is -0.128. The normalized spacial score (nSPS) is 11.3. The Morgan fingerprint density at radius 1 is 1.19 bits per heavy atom. The van der Waals surface area contributed by atoms with E-state index in [1.165, 1.54) is 0 Å². The van der Waals surface area contributed by atoms with E-state index in [0.717, 1.165) is 0 Å². The van der Waals surface area contributed by atoms with E-state index in [-0.39, 0.29) is 24.9 Å². The maximum Gasteiger partial charge on any atom is 0.344 e. The summed E-state index contributed by atoms with van der Waals surface area (Å²) in [7, 11) is 0. The van der Waals surface area contributed by atoms with Crippen LogP contribution in [0.5, 0.6) is 5.75 Å². The lowest BCUT2D eigenvalue weighted by Gasteiger charge is -2.15. The van der Waals surface area contributed by atoms with Crippen LogP contribution in [0.1, 0.15) is 44.5 Å². The van der Waals surface area contributed by atoms with Gasteiger partial charge in [-0.05, 0) is 52.0 Å². The van der Waals surface area contributed by atoms with Crippen molar-refractivity contribution < 1.29 is 24.2 Å². The Balaban J connectivity index is 2.54. The molecule has 0 aliphatic carbocycles. The molecule has 1 rings (SSSR count). The fourth-order valence-corrected chi connectivity index (χ4v) is 1.67. The van der Waals surface area contributed by atoms with Gasteiger partial charge in [0.15, 0.2) is 12.4 Å². The third kappa shape index (κ3) is 6.90. The third-order valence-corrected chi connectivity index (χ3v) is 2.49. The number of benzene rings is 1. The lowest BCUT2D eigenvalue weighted by atomic mass is 9.98. The summed E-state index contributed by atoms with van der Waals surface area (Å²) < 4.78 is 10.2. The minimum atomic E-state index is -1.03. The van der Waals surface area contributed by atoms with Crippen LogP contribution in [0, 0.1) is 0 Å². The molecule has 5 heteroatoms. The van der Waals surface area contributed by atoms with Gasteiger partial charge in [0.25, 0.3) is 0 Å². The predicted molar refractivity (Wildman–Crippen MR) is 78.4 cm³/mol. The second kappa shape index (κ2) is 7.22. The minimum absolute atomic E-state index is 0.0495. The standard InChI is InChI=1S/C16H22O5/c1-11(2)21-15(18)10-20-13-7-5-12(6-8-13)14(17)9-16(3,4)19/h5-8,11,19H,9-10H2,1-4H3. The van der Waals surface area contributed by atoms with Gasteiger partial charge in [0.05, 0.1) is 11.7 Å². The van der Waals surface area contributed by atoms with E-state index in [0.29, 0.717) is 11.3 Å². The first-order chi connectivity index (χ1) is 9.67. The maximum absolute atomic E-state index is 11.9. The van der Waals surface area contributed by atoms with Crippen molar-refractivity contribution in [2.24, 2.45) is 0 Å². The number of ketones is 1. The topological polar surface area (TPSA) is 72.8 Å². The van der Waals surface area contributed by atoms with Gasteiger partial charge >= 0.3 is 5.97 Å². The summed E-state index contributed by atoms with van der Waals surface area (Å²) in [5.74, 6) is -0.101. The molecule has 0 unspecified atom stereocenters. The molecule has 0 aromatic heterocycles. The van der Waals surface area contributed by atoms with Gasteiger partial charge in [0, 0.05) is 12.0 Å². The van der Waals surface area contributed by atoms with Crippen LogP contribution in [-0.4, -0.2) is 35.2 Å². The second-order valence-corrected chi connectivity index (χ2v) is 5.76. The first-order valence-electron chi connectivity index (χ1n) is 6.85. The quantitative estimate of drug-likeness (QED) is 0.617. The first kappa shape index (κ1) is 17.2. The zero-order valence-electron chi connectivity index (χ0n) is 12.9. The van der Waals surface area contributed by atoms with Crippen molar-refractivity contribution in [1.29, 1.82) is 0 Å². The average Bonchev–Trinajstić information content (AvgIpc) is 2.34. The van der Waals surface area contributed by atoms with Crippen LogP contribution in [0.15, 0.2) is 24.3 Å². The van der Waals surface area contributed by atoms with Gasteiger partial charge in [-0.15, -0.1) is 0 Å². The van der Waals surface area contributed by atoms with Crippen molar-refractivity contribution in [3.05, 3.63) is 29.8 Å². The smallest absolute Gasteiger partial charge is 0.344 e. The number of Topliss-reactive ketones (excluding diaryl/α,β-unsaturated/α-hetero) is 1. The molecule has 0 amide bonds. The van der Waals surface area contributed by atoms with Crippen LogP contribution >= 0.6 is 0 Å². The zero-order valence-corrected chi connectivity index (χ0v) is 12.9. The van der Waals surface area contributed by atoms with Crippen LogP contribution in [-0.2, 0) is 9.53 Å². The van der Waals surface area contributed by atoms with Crippen LogP contribution in [0.4, 0.5) is 0 Å². The Kier molecular flexibility index (Phi) is 5.90. The molecule has 0 bridgehead atoms. The van der Waals surface area contributed by atoms with Crippen LogP contribution < -0.4 is 4.74 Å². The number of rotatable bonds is 7. The monoisotopic (exact) mass is 294 g/mol. The molecular formula is C16H22O5. The number of esters is 1. The van der Waals surface area contributed by atoms with E-state index in [1.807, 2.05) is 0 Å². The van der Waals surface area contributed by atoms with E-state index >= 15 is 0 Å². The molecule has 0 saturated carbocycles. The number of carbonyl (C=O) groups is 2. The van der Waals surface area contributed by atoms with Gasteiger partial charge in [-0.25, -0.2) is 4.79 Å². The van der Waals surface area contributed by atoms with E-state index in [4.69, 9.17) is 9.47 Å². The van der Waals surface area contributed by atoms with Gasteiger partial charge < -0.3 is 14.6 Å². The third-order valence-electron chi connectivity index (χ3n) is 2.49. The summed E-state index contributed by atoms with van der Waals surface area (Å²) in [5.41, 5.74) is -0.540. The minimum Gasteiger partial charge on any atom is -0.482 e. The SMILES string of the molecule is CC(C)OC(=O)COc1ccc(C(=O)CC(C)(C)O)cc1. The summed E-state index contributed by atoms with van der Waals surface area (Å²) in [5, 5.41) is 9.62. The Morgan fingerprint density at radius 3 is 2.24 bits per heavy atom. The molecule has 0 heterocycles. The molecule has 0 aliphatic heterocycles. The van der Waals surface area contributed by atoms with Crippen LogP contribution in [0.3, 0.4) is 0 Å². The molecule has 1 aromatic carbocycles. The Bertz CT molecular complexity index is 482. The Labute approximate surface area is 124 Å². The number of ether oxygens (including phenoxy) is 2. The summed E-state index contributed by atoms with van der Waals surface area (Å²) >= 11 is 0. The Morgan fingerprint density at radius 2 is 1.76 bits per heavy atom. The van der Waals surface area contributed by atoms with Crippen molar-refractivity contribution in [3.63, 3.8) is 0 Å². The van der Waals surface area contributed by atoms with E-state index < -0.39 is 11.6 Å². The molecule has 21 heavy (non-hydrogen) atoms. The molecule has 1 N–H and O–H groups in total. The fourth-order valence-electron chi connectivity index (χ4n) is 1.67. The maximum atomic E-state index is 11.9. The highest BCUT2D eigenvalue weighted by Crippen LogP contribution is 2.17. The lowest BCUT2D eigenvalue weighted by molar-refractivity contribution is -0.149. The van der Waals surface area contributed by atoms with Crippen LogP contribution in [0.2, 0.25) is 0 Å². The number of hydrogen-bond donors (Lipinski definition) is 1. The number of carbonyl (C=O) groups excluding carboxylic acids is 2. The molecule has 0 fully saturated rings. The van der Waals surface area contributed by atoms with Crippen LogP contribution in [0.25, 0.3) is 0 Å². The van der Waals surface area contributed by atoms with Gasteiger partial charge in [-0.3, -0.25) is 4.79 Å². The molecule has 116 valence electrons. The molecule has 1 aromatic rings. The summed E-state index contributed by atoms with van der Waals surface area (Å²) in [4.78, 5) is 23.2. The summed E-state index contributed by atoms with van der Waals surface area (Å²) in [6, 6.07) is 6.44. The molecule has 0 spiro atoms. The fraction of sp³-hybridized carbons (Fsp3) is 0.500. The number of aliphatic hydroxyl groups is 1. The first-order valence-corrected chi connectivity index (χ1v) is 6.85. The van der Waals surface area contributed by atoms with Gasteiger partial charge in [0.1, 0.15) is 5.75 Å². The Hall–Kier alpha value is -1.88. The second-order valence-electron chi connectivity index (χ2n) is 5.76. The lowest BCUT2D eigenvalue weighted by Crippen LogP contribution is -2.23. The summed E-state index contributed by atoms with van der Waals surface area (Å²) in [6.45, 7) is 6.53. The van der Waals surface area contributed by atoms with Crippen molar-refractivity contribution in [1.82, 2.24) is 0 Å². The highest BCUT2D eigenvalue weighted by molar-refractivity contribution is 5.96. The van der Waals surface area contributed by atoms with E-state index in [9.17, 15) is 14.7 Å². The molecule has 0 aliphatic rings. The largest absolute Gasteiger partial charge is 0.482 e. The average molecular weight is 294 g/mol. The van der Waals surface area contributed by atoms with E-state index in [2.05, 4.69) is 0 Å². The van der Waals surface area contributed by atoms with Crippen molar-refractivity contribution >= 4 is 11.8 Å². The highest BCUT2D eigenvalue weighted by atomic mass is 16.6. The predicted octanol–water partition coefficient (Wildman–Crippen LogP) is 2.36. The molecule has 5 nitrogen and oxygen atoms in total. The molecule has 0 saturated heterocycles. The van der Waals surface area contributed by atoms with Crippen molar-refractivity contribution in [3.8, 4) is 5.75 Å². The number of hydrogen-bond acceptors (Lipinski definition) is 5. The van der Waals surface area contributed by atoms with Crippen molar-refractivity contribution in [2.75, 3.05) is 6.61 Å². The zero-order chi connectivity index (χ0) is 16.0. The molecular weight excluding hydrogens is 272 g/mol. The van der Waals surface area contributed by atoms with Gasteiger partial charge in [0.2, 0.25) is 0 Å². The van der Waals surface area contributed by atoms with Crippen molar-refractivity contribution in [2.45, 2.75) is 45.8 Å². The van der Waals surface area contributed by atoms with E-state index in [1.54, 1.807) is 52.0 Å². The molecule has 0 radical (unpaired) electrons. The molecule has 0 atom stereocenters. The highest BCUT2D eigenvalue weighted by Gasteiger charge is 2.19. The van der Waals surface area contributed by atoms with Gasteiger partial charge in [-0.2, -0.15) is 0 Å². The van der Waals surface area contributed by atoms with Gasteiger partial charge in [-0.1, -0.05) is 0 Å².